The van der Waals surface area contributed by atoms with E-state index in [1.807, 2.05) is 6.07 Å². The Kier molecular flexibility index (Phi) is 4.92. The van der Waals surface area contributed by atoms with Crippen molar-refractivity contribution in [2.75, 3.05) is 7.11 Å². The quantitative estimate of drug-likeness (QED) is 0.614. The number of benzene rings is 2. The SMILES string of the molecule is COC(=O)c1cc(Oc2ccc(Br)c(C=O)c2)ccc1C#N. The highest BCUT2D eigenvalue weighted by molar-refractivity contribution is 9.10. The lowest BCUT2D eigenvalue weighted by molar-refractivity contribution is 0.0600. The summed E-state index contributed by atoms with van der Waals surface area (Å²) >= 11 is 3.25. The van der Waals surface area contributed by atoms with Crippen LogP contribution >= 0.6 is 15.9 Å². The second kappa shape index (κ2) is 6.87. The molecule has 0 aliphatic carbocycles. The summed E-state index contributed by atoms with van der Waals surface area (Å²) in [6, 6.07) is 11.3. The van der Waals surface area contributed by atoms with Gasteiger partial charge in [-0.05, 0) is 36.4 Å². The van der Waals surface area contributed by atoms with E-state index in [4.69, 9.17) is 10.00 Å². The topological polar surface area (TPSA) is 76.4 Å². The molecule has 5 nitrogen and oxygen atoms in total. The summed E-state index contributed by atoms with van der Waals surface area (Å²) in [6.07, 6.45) is 0.704. The van der Waals surface area contributed by atoms with Gasteiger partial charge in [0.25, 0.3) is 0 Å². The summed E-state index contributed by atoms with van der Waals surface area (Å²) in [7, 11) is 1.24. The van der Waals surface area contributed by atoms with E-state index in [9.17, 15) is 9.59 Å². The van der Waals surface area contributed by atoms with Gasteiger partial charge < -0.3 is 9.47 Å². The summed E-state index contributed by atoms with van der Waals surface area (Å²) in [4.78, 5) is 22.6. The van der Waals surface area contributed by atoms with Crippen molar-refractivity contribution in [3.05, 3.63) is 57.6 Å². The molecule has 0 bridgehead atoms. The Labute approximate surface area is 135 Å². The van der Waals surface area contributed by atoms with Crippen molar-refractivity contribution in [3.8, 4) is 17.6 Å². The first-order valence-electron chi connectivity index (χ1n) is 6.14. The zero-order chi connectivity index (χ0) is 16.1. The number of halogens is 1. The van der Waals surface area contributed by atoms with Crippen LogP contribution in [-0.2, 0) is 4.74 Å². The monoisotopic (exact) mass is 359 g/mol. The highest BCUT2D eigenvalue weighted by Crippen LogP contribution is 2.27. The number of esters is 1. The molecule has 0 fully saturated rings. The van der Waals surface area contributed by atoms with E-state index < -0.39 is 5.97 Å². The molecule has 2 aromatic rings. The number of hydrogen-bond donors (Lipinski definition) is 0. The van der Waals surface area contributed by atoms with Crippen LogP contribution < -0.4 is 4.74 Å². The average Bonchev–Trinajstić information content (AvgIpc) is 2.55. The number of nitrogens with zero attached hydrogens (tertiary/aromatic N) is 1. The van der Waals surface area contributed by atoms with Crippen molar-refractivity contribution in [2.45, 2.75) is 0 Å². The predicted octanol–water partition coefficient (Wildman–Crippen LogP) is 3.71. The van der Waals surface area contributed by atoms with Crippen LogP contribution in [0, 0.1) is 11.3 Å². The molecule has 0 aromatic heterocycles. The lowest BCUT2D eigenvalue weighted by Gasteiger charge is -2.09. The Balaban J connectivity index is 2.36. The first-order valence-corrected chi connectivity index (χ1v) is 6.93. The number of carbonyl (C=O) groups is 2. The Morgan fingerprint density at radius 1 is 1.23 bits per heavy atom. The molecule has 0 radical (unpaired) electrons. The molecule has 0 amide bonds. The van der Waals surface area contributed by atoms with Crippen LogP contribution in [0.1, 0.15) is 26.3 Å². The molecular formula is C16H10BrNO4. The molecular weight excluding hydrogens is 350 g/mol. The first-order chi connectivity index (χ1) is 10.6. The van der Waals surface area contributed by atoms with E-state index in [-0.39, 0.29) is 11.1 Å². The van der Waals surface area contributed by atoms with Crippen LogP contribution in [-0.4, -0.2) is 19.4 Å². The highest BCUT2D eigenvalue weighted by Gasteiger charge is 2.13. The molecule has 110 valence electrons. The molecule has 0 heterocycles. The summed E-state index contributed by atoms with van der Waals surface area (Å²) in [5.74, 6) is 0.177. The van der Waals surface area contributed by atoms with Gasteiger partial charge in [0.1, 0.15) is 17.6 Å². The van der Waals surface area contributed by atoms with Crippen molar-refractivity contribution >= 4 is 28.2 Å². The largest absolute Gasteiger partial charge is 0.465 e. The number of aldehydes is 1. The summed E-state index contributed by atoms with van der Waals surface area (Å²) in [6.45, 7) is 0. The smallest absolute Gasteiger partial charge is 0.339 e. The fraction of sp³-hybridized carbons (Fsp3) is 0.0625. The minimum atomic E-state index is -0.619. The van der Waals surface area contributed by atoms with Gasteiger partial charge in [0.15, 0.2) is 6.29 Å². The van der Waals surface area contributed by atoms with E-state index in [1.165, 1.54) is 19.2 Å². The molecule has 0 N–H and O–H groups in total. The van der Waals surface area contributed by atoms with E-state index in [0.717, 1.165) is 0 Å². The molecule has 0 atom stereocenters. The lowest BCUT2D eigenvalue weighted by Crippen LogP contribution is -2.04. The molecule has 0 unspecified atom stereocenters. The minimum absolute atomic E-state index is 0.121. The second-order valence-electron chi connectivity index (χ2n) is 4.21. The molecule has 0 saturated heterocycles. The van der Waals surface area contributed by atoms with Crippen molar-refractivity contribution in [1.82, 2.24) is 0 Å². The van der Waals surface area contributed by atoms with Gasteiger partial charge in [-0.2, -0.15) is 5.26 Å². The number of hydrogen-bond acceptors (Lipinski definition) is 5. The van der Waals surface area contributed by atoms with Crippen molar-refractivity contribution in [3.63, 3.8) is 0 Å². The van der Waals surface area contributed by atoms with Crippen LogP contribution in [0.3, 0.4) is 0 Å². The minimum Gasteiger partial charge on any atom is -0.465 e. The fourth-order valence-electron chi connectivity index (χ4n) is 1.77. The third-order valence-corrected chi connectivity index (χ3v) is 3.57. The number of rotatable bonds is 4. The average molecular weight is 360 g/mol. The van der Waals surface area contributed by atoms with Crippen LogP contribution in [0.15, 0.2) is 40.9 Å². The van der Waals surface area contributed by atoms with Crippen molar-refractivity contribution in [2.24, 2.45) is 0 Å². The molecule has 6 heteroatoms. The number of methoxy groups -OCH3 is 1. The van der Waals surface area contributed by atoms with Gasteiger partial charge in [-0.3, -0.25) is 4.79 Å². The van der Waals surface area contributed by atoms with Gasteiger partial charge in [-0.25, -0.2) is 4.79 Å². The van der Waals surface area contributed by atoms with Gasteiger partial charge in [-0.1, -0.05) is 15.9 Å². The zero-order valence-corrected chi connectivity index (χ0v) is 13.1. The maximum Gasteiger partial charge on any atom is 0.339 e. The normalized spacial score (nSPS) is 9.68. The third kappa shape index (κ3) is 3.32. The van der Waals surface area contributed by atoms with E-state index >= 15 is 0 Å². The Hall–Kier alpha value is -2.65. The molecule has 2 aromatic carbocycles. The standard InChI is InChI=1S/C16H10BrNO4/c1-21-16(20)14-7-13(3-2-10(14)8-18)22-12-4-5-15(17)11(6-12)9-19/h2-7,9H,1H3. The van der Waals surface area contributed by atoms with Crippen LogP contribution in [0.5, 0.6) is 11.5 Å². The van der Waals surface area contributed by atoms with Crippen molar-refractivity contribution < 1.29 is 19.1 Å². The molecule has 0 saturated carbocycles. The molecule has 22 heavy (non-hydrogen) atoms. The summed E-state index contributed by atoms with van der Waals surface area (Å²) in [5.41, 5.74) is 0.762. The van der Waals surface area contributed by atoms with Crippen LogP contribution in [0.4, 0.5) is 0 Å². The van der Waals surface area contributed by atoms with Crippen molar-refractivity contribution in [1.29, 1.82) is 5.26 Å². The van der Waals surface area contributed by atoms with Gasteiger partial charge in [0.05, 0.1) is 18.2 Å². The molecule has 0 aliphatic rings. The van der Waals surface area contributed by atoms with Gasteiger partial charge in [0.2, 0.25) is 0 Å². The van der Waals surface area contributed by atoms with Gasteiger partial charge in [0, 0.05) is 10.0 Å². The molecule has 2 rings (SSSR count). The maximum atomic E-state index is 11.7. The maximum absolute atomic E-state index is 11.7. The first kappa shape index (κ1) is 15.7. The Bertz CT molecular complexity index is 780. The lowest BCUT2D eigenvalue weighted by atomic mass is 10.1. The van der Waals surface area contributed by atoms with Gasteiger partial charge >= 0.3 is 5.97 Å². The zero-order valence-electron chi connectivity index (χ0n) is 11.5. The predicted molar refractivity (Wildman–Crippen MR) is 82.1 cm³/mol. The van der Waals surface area contributed by atoms with E-state index in [2.05, 4.69) is 20.7 Å². The number of carbonyl (C=O) groups excluding carboxylic acids is 2. The molecule has 0 spiro atoms. The molecule has 0 aliphatic heterocycles. The highest BCUT2D eigenvalue weighted by atomic mass is 79.9. The number of ether oxygens (including phenoxy) is 2. The van der Waals surface area contributed by atoms with Crippen LogP contribution in [0.25, 0.3) is 0 Å². The third-order valence-electron chi connectivity index (χ3n) is 2.85. The number of nitriles is 1. The fourth-order valence-corrected chi connectivity index (χ4v) is 2.11. The Morgan fingerprint density at radius 3 is 2.55 bits per heavy atom. The summed E-state index contributed by atoms with van der Waals surface area (Å²) < 4.78 is 10.9. The van der Waals surface area contributed by atoms with E-state index in [0.29, 0.717) is 27.8 Å². The van der Waals surface area contributed by atoms with E-state index in [1.54, 1.807) is 24.3 Å². The van der Waals surface area contributed by atoms with Gasteiger partial charge in [-0.15, -0.1) is 0 Å². The second-order valence-corrected chi connectivity index (χ2v) is 5.07. The summed E-state index contributed by atoms with van der Waals surface area (Å²) in [5, 5.41) is 9.00. The Morgan fingerprint density at radius 2 is 1.91 bits per heavy atom. The van der Waals surface area contributed by atoms with Crippen LogP contribution in [0.2, 0.25) is 0 Å².